The Hall–Kier alpha value is -3.70. The Labute approximate surface area is 227 Å². The summed E-state index contributed by atoms with van der Waals surface area (Å²) in [5.74, 6) is -0.215. The zero-order chi connectivity index (χ0) is 27.5. The molecule has 0 amide bonds. The van der Waals surface area contributed by atoms with E-state index in [0.29, 0.717) is 23.3 Å². The second-order valence-electron chi connectivity index (χ2n) is 11.3. The zero-order valence-corrected chi connectivity index (χ0v) is 23.3. The predicted molar refractivity (Wildman–Crippen MR) is 153 cm³/mol. The maximum absolute atomic E-state index is 14.6. The second kappa shape index (κ2) is 9.20. The van der Waals surface area contributed by atoms with E-state index in [4.69, 9.17) is 4.98 Å². The van der Waals surface area contributed by atoms with Gasteiger partial charge in [-0.15, -0.1) is 0 Å². The van der Waals surface area contributed by atoms with Gasteiger partial charge in [-0.05, 0) is 82.3 Å². The van der Waals surface area contributed by atoms with E-state index in [1.54, 1.807) is 43.8 Å². The molecule has 39 heavy (non-hydrogen) atoms. The number of aromatic nitrogens is 3. The summed E-state index contributed by atoms with van der Waals surface area (Å²) in [6.07, 6.45) is 4.56. The maximum atomic E-state index is 14.6. The van der Waals surface area contributed by atoms with Crippen LogP contribution < -0.4 is 14.9 Å². The standard InChI is InChI=1S/C28H32FN7O2S/c1-28(2,3)39(37,38)33-24-15-21(6-7-23(24)29)36-10-9-18-16-30-27(32-26(18)36)31-20-5-8-25-19(13-20)14-22-17-34(4)11-12-35(22)25/h5-10,13,15-16,22,33H,11-12,14,17H2,1-4H3,(H,30,31,32). The summed E-state index contributed by atoms with van der Waals surface area (Å²) >= 11 is 0. The van der Waals surface area contributed by atoms with Crippen LogP contribution in [0, 0.1) is 5.82 Å². The number of sulfonamides is 1. The predicted octanol–water partition coefficient (Wildman–Crippen LogP) is 4.52. The van der Waals surface area contributed by atoms with Crippen LogP contribution in [0.4, 0.5) is 27.4 Å². The molecule has 2 aliphatic rings. The first-order valence-electron chi connectivity index (χ1n) is 13.0. The average molecular weight is 550 g/mol. The monoisotopic (exact) mass is 549 g/mol. The first-order valence-corrected chi connectivity index (χ1v) is 14.5. The van der Waals surface area contributed by atoms with Crippen LogP contribution in [0.3, 0.4) is 0 Å². The van der Waals surface area contributed by atoms with Gasteiger partial charge in [-0.1, -0.05) is 0 Å². The van der Waals surface area contributed by atoms with Crippen molar-refractivity contribution in [2.45, 2.75) is 38.0 Å². The van der Waals surface area contributed by atoms with Crippen molar-refractivity contribution in [3.8, 4) is 5.69 Å². The maximum Gasteiger partial charge on any atom is 0.237 e. The Morgan fingerprint density at radius 3 is 2.69 bits per heavy atom. The van der Waals surface area contributed by atoms with Crippen molar-refractivity contribution >= 4 is 44.1 Å². The molecule has 1 saturated heterocycles. The topological polar surface area (TPSA) is 95.4 Å². The molecule has 0 aliphatic carbocycles. The highest BCUT2D eigenvalue weighted by molar-refractivity contribution is 7.94. The molecule has 2 aromatic heterocycles. The molecule has 0 radical (unpaired) electrons. The molecule has 2 aliphatic heterocycles. The van der Waals surface area contributed by atoms with Gasteiger partial charge in [0.05, 0.1) is 10.4 Å². The summed E-state index contributed by atoms with van der Waals surface area (Å²) in [6.45, 7) is 7.86. The molecule has 2 N–H and O–H groups in total. The van der Waals surface area contributed by atoms with Crippen molar-refractivity contribution in [3.63, 3.8) is 0 Å². The van der Waals surface area contributed by atoms with Crippen molar-refractivity contribution in [3.05, 3.63) is 66.2 Å². The SMILES string of the molecule is CN1CCN2c3ccc(Nc4ncc5ccn(-c6ccc(F)c(NS(=O)(=O)C(C)(C)C)c6)c5n4)cc3CC2C1. The molecule has 0 spiro atoms. The lowest BCUT2D eigenvalue weighted by Gasteiger charge is -2.37. The summed E-state index contributed by atoms with van der Waals surface area (Å²) in [4.78, 5) is 14.1. The van der Waals surface area contributed by atoms with E-state index in [1.807, 2.05) is 6.07 Å². The van der Waals surface area contributed by atoms with Gasteiger partial charge in [0.2, 0.25) is 16.0 Å². The smallest absolute Gasteiger partial charge is 0.237 e. The number of benzene rings is 2. The number of hydrogen-bond acceptors (Lipinski definition) is 7. The summed E-state index contributed by atoms with van der Waals surface area (Å²) in [5.41, 5.74) is 4.61. The number of rotatable bonds is 5. The van der Waals surface area contributed by atoms with Crippen molar-refractivity contribution < 1.29 is 12.8 Å². The minimum Gasteiger partial charge on any atom is -0.365 e. The third-order valence-corrected chi connectivity index (χ3v) is 9.59. The minimum absolute atomic E-state index is 0.114. The minimum atomic E-state index is -3.80. The second-order valence-corrected chi connectivity index (χ2v) is 13.8. The molecule has 204 valence electrons. The van der Waals surface area contributed by atoms with Crippen LogP contribution in [0.15, 0.2) is 54.9 Å². The number of hydrogen-bond donors (Lipinski definition) is 2. The zero-order valence-electron chi connectivity index (χ0n) is 22.4. The van der Waals surface area contributed by atoms with Crippen LogP contribution in [0.5, 0.6) is 0 Å². The quantitative estimate of drug-likeness (QED) is 0.378. The van der Waals surface area contributed by atoms with Gasteiger partial charge in [0, 0.05) is 60.5 Å². The van der Waals surface area contributed by atoms with E-state index in [0.717, 1.165) is 37.1 Å². The molecule has 2 aromatic carbocycles. The molecule has 1 unspecified atom stereocenters. The molecule has 9 nitrogen and oxygen atoms in total. The fourth-order valence-corrected chi connectivity index (χ4v) is 5.97. The van der Waals surface area contributed by atoms with Crippen LogP contribution in [0.1, 0.15) is 26.3 Å². The molecule has 11 heteroatoms. The third-order valence-electron chi connectivity index (χ3n) is 7.49. The molecule has 0 saturated carbocycles. The van der Waals surface area contributed by atoms with Gasteiger partial charge in [0.15, 0.2) is 0 Å². The highest BCUT2D eigenvalue weighted by atomic mass is 32.2. The van der Waals surface area contributed by atoms with Gasteiger partial charge in [-0.3, -0.25) is 4.72 Å². The van der Waals surface area contributed by atoms with E-state index in [2.05, 4.69) is 50.1 Å². The number of halogens is 1. The summed E-state index contributed by atoms with van der Waals surface area (Å²) in [5, 5.41) is 4.14. The van der Waals surface area contributed by atoms with Crippen molar-refractivity contribution in [1.29, 1.82) is 0 Å². The van der Waals surface area contributed by atoms with E-state index in [9.17, 15) is 12.8 Å². The van der Waals surface area contributed by atoms with Crippen molar-refractivity contribution in [2.24, 2.45) is 0 Å². The lowest BCUT2D eigenvalue weighted by atomic mass is 10.1. The molecule has 1 fully saturated rings. The largest absolute Gasteiger partial charge is 0.365 e. The van der Waals surface area contributed by atoms with Gasteiger partial charge in [0.1, 0.15) is 11.5 Å². The first kappa shape index (κ1) is 25.6. The van der Waals surface area contributed by atoms with E-state index >= 15 is 0 Å². The van der Waals surface area contributed by atoms with Gasteiger partial charge in [-0.2, -0.15) is 4.98 Å². The molecule has 6 rings (SSSR count). The van der Waals surface area contributed by atoms with Gasteiger partial charge in [-0.25, -0.2) is 17.8 Å². The lowest BCUT2D eigenvalue weighted by molar-refractivity contribution is 0.273. The van der Waals surface area contributed by atoms with Gasteiger partial charge >= 0.3 is 0 Å². The van der Waals surface area contributed by atoms with Crippen LogP contribution in [-0.4, -0.2) is 65.3 Å². The van der Waals surface area contributed by atoms with E-state index < -0.39 is 20.6 Å². The van der Waals surface area contributed by atoms with Crippen molar-refractivity contribution in [1.82, 2.24) is 19.4 Å². The summed E-state index contributed by atoms with van der Waals surface area (Å²) < 4.78 is 43.0. The molecular weight excluding hydrogens is 517 g/mol. The highest BCUT2D eigenvalue weighted by Gasteiger charge is 2.33. The molecular formula is C28H32FN7O2S. The lowest BCUT2D eigenvalue weighted by Crippen LogP contribution is -2.50. The van der Waals surface area contributed by atoms with Crippen LogP contribution in [0.2, 0.25) is 0 Å². The fourth-order valence-electron chi connectivity index (χ4n) is 5.22. The number of piperazine rings is 1. The van der Waals surface area contributed by atoms with Crippen LogP contribution in [0.25, 0.3) is 16.7 Å². The Balaban J connectivity index is 1.28. The normalized spacial score (nSPS) is 17.8. The van der Waals surface area contributed by atoms with Crippen LogP contribution in [-0.2, 0) is 16.4 Å². The molecule has 4 aromatic rings. The van der Waals surface area contributed by atoms with Gasteiger partial charge in [0.25, 0.3) is 0 Å². The van der Waals surface area contributed by atoms with Crippen LogP contribution >= 0.6 is 0 Å². The number of nitrogens with one attached hydrogen (secondary N) is 2. The number of anilines is 4. The highest BCUT2D eigenvalue weighted by Crippen LogP contribution is 2.36. The van der Waals surface area contributed by atoms with Crippen molar-refractivity contribution in [2.75, 3.05) is 41.6 Å². The Morgan fingerprint density at radius 1 is 1.08 bits per heavy atom. The number of fused-ring (bicyclic) bond motifs is 4. The Morgan fingerprint density at radius 2 is 1.90 bits per heavy atom. The Kier molecular flexibility index (Phi) is 6.03. The first-order chi connectivity index (χ1) is 18.5. The molecule has 1 atom stereocenters. The summed E-state index contributed by atoms with van der Waals surface area (Å²) in [7, 11) is -1.62. The molecule has 0 bridgehead atoms. The Bertz CT molecular complexity index is 1680. The number of likely N-dealkylation sites (N-methyl/N-ethyl adjacent to an activating group) is 1. The summed E-state index contributed by atoms with van der Waals surface area (Å²) in [6, 6.07) is 13.1. The fraction of sp³-hybridized carbons (Fsp3) is 0.357. The van der Waals surface area contributed by atoms with E-state index in [1.165, 1.54) is 23.4 Å². The number of nitrogens with zero attached hydrogens (tertiary/aromatic N) is 5. The third kappa shape index (κ3) is 4.70. The molecule has 4 heterocycles. The van der Waals surface area contributed by atoms with E-state index in [-0.39, 0.29) is 5.69 Å². The average Bonchev–Trinajstić information content (AvgIpc) is 3.44. The van der Waals surface area contributed by atoms with Gasteiger partial charge < -0.3 is 19.7 Å².